The predicted molar refractivity (Wildman–Crippen MR) is 91.0 cm³/mol. The van der Waals surface area contributed by atoms with Gasteiger partial charge in [0.15, 0.2) is 0 Å². The molecule has 0 bridgehead atoms. The molecule has 0 radical (unpaired) electrons. The van der Waals surface area contributed by atoms with E-state index in [2.05, 4.69) is 4.40 Å². The number of nitro benzene ring substituents is 1. The smallest absolute Gasteiger partial charge is 0.258 e. The molecule has 0 aliphatic carbocycles. The van der Waals surface area contributed by atoms with Gasteiger partial charge in [0.05, 0.1) is 25.9 Å². The zero-order chi connectivity index (χ0) is 15.7. The highest BCUT2D eigenvalue weighted by atomic mass is 35.5. The van der Waals surface area contributed by atoms with Crippen LogP contribution in [-0.4, -0.2) is 10.6 Å². The fourth-order valence-corrected chi connectivity index (χ4v) is 3.84. The van der Waals surface area contributed by atoms with Crippen LogP contribution in [0.15, 0.2) is 46.9 Å². The maximum Gasteiger partial charge on any atom is 0.269 e. The first-order chi connectivity index (χ1) is 10.6. The molecule has 0 aromatic heterocycles. The van der Waals surface area contributed by atoms with Gasteiger partial charge in [-0.25, -0.2) is 4.40 Å². The highest BCUT2D eigenvalue weighted by Crippen LogP contribution is 2.42. The zero-order valence-corrected chi connectivity index (χ0v) is 13.5. The largest absolute Gasteiger partial charge is 0.269 e. The Balaban J connectivity index is 1.81. The molecule has 4 nitrogen and oxygen atoms in total. The van der Waals surface area contributed by atoms with E-state index in [1.54, 1.807) is 30.3 Å². The van der Waals surface area contributed by atoms with Crippen molar-refractivity contribution in [3.8, 4) is 0 Å². The van der Waals surface area contributed by atoms with Gasteiger partial charge >= 0.3 is 0 Å². The maximum absolute atomic E-state index is 10.7. The Morgan fingerprint density at radius 1 is 1.14 bits per heavy atom. The van der Waals surface area contributed by atoms with Gasteiger partial charge in [-0.3, -0.25) is 10.1 Å². The molecule has 0 fully saturated rings. The average molecular weight is 353 g/mol. The summed E-state index contributed by atoms with van der Waals surface area (Å²) in [5, 5.41) is 12.0. The Hall–Kier alpha value is -1.56. The molecule has 0 spiro atoms. The number of halogens is 2. The third-order valence-corrected chi connectivity index (χ3v) is 5.04. The topological polar surface area (TPSA) is 55.5 Å². The number of hydrogen-bond donors (Lipinski definition) is 0. The minimum absolute atomic E-state index is 0.0852. The number of non-ortho nitro benzene ring substituents is 1. The van der Waals surface area contributed by atoms with Gasteiger partial charge in [-0.15, -0.1) is 0 Å². The van der Waals surface area contributed by atoms with Crippen molar-refractivity contribution < 1.29 is 4.92 Å². The Morgan fingerprint density at radius 2 is 1.77 bits per heavy atom. The molecule has 1 heterocycles. The first-order valence-electron chi connectivity index (χ1n) is 6.47. The van der Waals surface area contributed by atoms with Crippen LogP contribution in [0, 0.1) is 10.1 Å². The van der Waals surface area contributed by atoms with Crippen LogP contribution in [0.3, 0.4) is 0 Å². The summed E-state index contributed by atoms with van der Waals surface area (Å²) in [7, 11) is 0. The summed E-state index contributed by atoms with van der Waals surface area (Å²) in [5.41, 5.74) is 2.70. The van der Waals surface area contributed by atoms with Crippen LogP contribution in [-0.2, 0) is 0 Å². The molecule has 112 valence electrons. The molecular weight excluding hydrogens is 343 g/mol. The van der Waals surface area contributed by atoms with E-state index in [0.717, 1.165) is 16.8 Å². The molecule has 1 atom stereocenters. The summed E-state index contributed by atoms with van der Waals surface area (Å²) in [6.07, 6.45) is 0.686. The van der Waals surface area contributed by atoms with Crippen LogP contribution in [0.2, 0.25) is 10.0 Å². The van der Waals surface area contributed by atoms with Crippen LogP contribution >= 0.6 is 35.1 Å². The Labute approximate surface area is 141 Å². The minimum atomic E-state index is -0.406. The second kappa shape index (κ2) is 6.28. The summed E-state index contributed by atoms with van der Waals surface area (Å²) in [6, 6.07) is 11.9. The quantitative estimate of drug-likeness (QED) is 0.417. The number of hydrogen-bond acceptors (Lipinski definition) is 4. The molecule has 22 heavy (non-hydrogen) atoms. The van der Waals surface area contributed by atoms with E-state index in [9.17, 15) is 10.1 Å². The lowest BCUT2D eigenvalue weighted by molar-refractivity contribution is -0.384. The molecule has 0 saturated heterocycles. The average Bonchev–Trinajstić information content (AvgIpc) is 2.97. The summed E-state index contributed by atoms with van der Waals surface area (Å²) in [4.78, 5) is 10.3. The van der Waals surface area contributed by atoms with E-state index in [4.69, 9.17) is 23.2 Å². The zero-order valence-electron chi connectivity index (χ0n) is 11.2. The van der Waals surface area contributed by atoms with Gasteiger partial charge in [-0.1, -0.05) is 41.4 Å². The molecule has 0 amide bonds. The fraction of sp³-hybridized carbons (Fsp3) is 0.133. The van der Waals surface area contributed by atoms with Gasteiger partial charge in [-0.05, 0) is 29.6 Å². The highest BCUT2D eigenvalue weighted by molar-refractivity contribution is 7.98. The fourth-order valence-electron chi connectivity index (χ4n) is 2.29. The van der Waals surface area contributed by atoms with E-state index in [-0.39, 0.29) is 10.9 Å². The SMILES string of the molecule is O=[N+]([O-])c1ccc(C2CC(c3c(Cl)cccc3Cl)=NS2)cc1. The number of nitro groups is 1. The first-order valence-corrected chi connectivity index (χ1v) is 8.07. The number of rotatable bonds is 3. The molecule has 0 saturated carbocycles. The van der Waals surface area contributed by atoms with Gasteiger partial charge in [0, 0.05) is 24.1 Å². The predicted octanol–water partition coefficient (Wildman–Crippen LogP) is 5.48. The maximum atomic E-state index is 10.7. The lowest BCUT2D eigenvalue weighted by Gasteiger charge is -2.09. The molecule has 2 aromatic rings. The van der Waals surface area contributed by atoms with E-state index < -0.39 is 4.92 Å². The van der Waals surface area contributed by atoms with Gasteiger partial charge in [0.1, 0.15) is 0 Å². The van der Waals surface area contributed by atoms with Gasteiger partial charge < -0.3 is 0 Å². The molecule has 7 heteroatoms. The van der Waals surface area contributed by atoms with Crippen LogP contribution in [0.1, 0.15) is 22.8 Å². The molecular formula is C15H10Cl2N2O2S. The van der Waals surface area contributed by atoms with Crippen molar-refractivity contribution in [3.63, 3.8) is 0 Å². The molecule has 1 aliphatic heterocycles. The van der Waals surface area contributed by atoms with Crippen molar-refractivity contribution in [2.45, 2.75) is 11.7 Å². The first kappa shape index (κ1) is 15.3. The normalized spacial score (nSPS) is 17.4. The van der Waals surface area contributed by atoms with Gasteiger partial charge in [-0.2, -0.15) is 0 Å². The Bertz CT molecular complexity index is 742. The third-order valence-electron chi connectivity index (χ3n) is 3.40. The van der Waals surface area contributed by atoms with E-state index in [1.807, 2.05) is 0 Å². The lowest BCUT2D eigenvalue weighted by Crippen LogP contribution is -2.02. The third kappa shape index (κ3) is 2.97. The minimum Gasteiger partial charge on any atom is -0.258 e. The molecule has 3 rings (SSSR count). The van der Waals surface area contributed by atoms with Crippen molar-refractivity contribution in [1.82, 2.24) is 0 Å². The van der Waals surface area contributed by atoms with Crippen molar-refractivity contribution in [2.24, 2.45) is 4.40 Å². The van der Waals surface area contributed by atoms with Crippen LogP contribution in [0.4, 0.5) is 5.69 Å². The Kier molecular flexibility index (Phi) is 4.38. The number of nitrogens with zero attached hydrogens (tertiary/aromatic N) is 2. The van der Waals surface area contributed by atoms with E-state index >= 15 is 0 Å². The number of benzene rings is 2. The van der Waals surface area contributed by atoms with Crippen molar-refractivity contribution in [1.29, 1.82) is 0 Å². The van der Waals surface area contributed by atoms with Crippen LogP contribution in [0.25, 0.3) is 0 Å². The summed E-state index contributed by atoms with van der Waals surface area (Å²) in [5.74, 6) is 0. The van der Waals surface area contributed by atoms with Crippen LogP contribution < -0.4 is 0 Å². The van der Waals surface area contributed by atoms with Crippen molar-refractivity contribution >= 4 is 46.5 Å². The van der Waals surface area contributed by atoms with E-state index in [0.29, 0.717) is 16.5 Å². The molecule has 0 N–H and O–H groups in total. The Morgan fingerprint density at radius 3 is 2.36 bits per heavy atom. The highest BCUT2D eigenvalue weighted by Gasteiger charge is 2.25. The second-order valence-corrected chi connectivity index (χ2v) is 6.56. The standard InChI is InChI=1S/C15H10Cl2N2O2S/c16-11-2-1-3-12(17)15(11)13-8-14(22-18-13)9-4-6-10(7-5-9)19(20)21/h1-7,14H,8H2. The van der Waals surface area contributed by atoms with Crippen molar-refractivity contribution in [2.75, 3.05) is 0 Å². The van der Waals surface area contributed by atoms with E-state index in [1.165, 1.54) is 24.1 Å². The van der Waals surface area contributed by atoms with Crippen LogP contribution in [0.5, 0.6) is 0 Å². The van der Waals surface area contributed by atoms with Crippen molar-refractivity contribution in [3.05, 3.63) is 73.8 Å². The second-order valence-electron chi connectivity index (χ2n) is 4.78. The van der Waals surface area contributed by atoms with Gasteiger partial charge in [0.25, 0.3) is 5.69 Å². The molecule has 1 unspecified atom stereocenters. The monoisotopic (exact) mass is 352 g/mol. The summed E-state index contributed by atoms with van der Waals surface area (Å²) < 4.78 is 4.47. The molecule has 2 aromatic carbocycles. The molecule has 1 aliphatic rings. The van der Waals surface area contributed by atoms with Gasteiger partial charge in [0.2, 0.25) is 0 Å². The summed E-state index contributed by atoms with van der Waals surface area (Å²) >= 11 is 13.8. The summed E-state index contributed by atoms with van der Waals surface area (Å²) in [6.45, 7) is 0. The lowest BCUT2D eigenvalue weighted by atomic mass is 10.0.